The lowest BCUT2D eigenvalue weighted by atomic mass is 10.2. The number of aryl methyl sites for hydroxylation is 1. The van der Waals surface area contributed by atoms with Crippen molar-refractivity contribution >= 4 is 21.7 Å². The Morgan fingerprint density at radius 1 is 1.33 bits per heavy atom. The summed E-state index contributed by atoms with van der Waals surface area (Å²) in [6, 6.07) is 6.18. The zero-order valence-electron chi connectivity index (χ0n) is 9.95. The summed E-state index contributed by atoms with van der Waals surface area (Å²) in [5, 5.41) is 0. The van der Waals surface area contributed by atoms with E-state index < -0.39 is 0 Å². The molecule has 5 heteroatoms. The first-order valence-corrected chi connectivity index (χ1v) is 6.49. The lowest BCUT2D eigenvalue weighted by Crippen LogP contribution is -2.03. The minimum atomic E-state index is -0.311. The fourth-order valence-corrected chi connectivity index (χ4v) is 2.05. The van der Waals surface area contributed by atoms with Crippen molar-refractivity contribution in [2.75, 3.05) is 5.73 Å². The third-order valence-electron chi connectivity index (χ3n) is 2.52. The van der Waals surface area contributed by atoms with Crippen LogP contribution >= 0.6 is 15.9 Å². The Kier molecular flexibility index (Phi) is 3.91. The van der Waals surface area contributed by atoms with Crippen molar-refractivity contribution in [3.63, 3.8) is 0 Å². The molecule has 0 saturated heterocycles. The predicted octanol–water partition coefficient (Wildman–Crippen LogP) is 3.58. The molecule has 94 valence electrons. The number of halogens is 2. The minimum Gasteiger partial charge on any atom is -0.383 e. The van der Waals surface area contributed by atoms with Crippen molar-refractivity contribution in [2.45, 2.75) is 19.8 Å². The maximum Gasteiger partial charge on any atom is 0.161 e. The molecule has 0 spiro atoms. The van der Waals surface area contributed by atoms with Crippen LogP contribution in [-0.4, -0.2) is 9.97 Å². The number of hydrogen-bond donors (Lipinski definition) is 1. The zero-order valence-corrected chi connectivity index (χ0v) is 11.5. The number of aromatic nitrogens is 2. The Balaban J connectivity index is 2.51. The van der Waals surface area contributed by atoms with E-state index >= 15 is 0 Å². The average Bonchev–Trinajstić information content (AvgIpc) is 2.35. The highest BCUT2D eigenvalue weighted by atomic mass is 79.9. The van der Waals surface area contributed by atoms with E-state index in [1.807, 2.05) is 0 Å². The van der Waals surface area contributed by atoms with E-state index in [1.54, 1.807) is 12.1 Å². The molecule has 0 aliphatic carbocycles. The highest BCUT2D eigenvalue weighted by molar-refractivity contribution is 9.10. The summed E-state index contributed by atoms with van der Waals surface area (Å²) in [7, 11) is 0. The first kappa shape index (κ1) is 13.0. The van der Waals surface area contributed by atoms with Crippen LogP contribution in [-0.2, 0) is 6.42 Å². The predicted molar refractivity (Wildman–Crippen MR) is 73.5 cm³/mol. The van der Waals surface area contributed by atoms with Gasteiger partial charge in [-0.1, -0.05) is 25.5 Å². The first-order chi connectivity index (χ1) is 8.61. The van der Waals surface area contributed by atoms with Crippen LogP contribution in [0.5, 0.6) is 0 Å². The second-order valence-electron chi connectivity index (χ2n) is 3.95. The van der Waals surface area contributed by atoms with Gasteiger partial charge in [-0.2, -0.15) is 0 Å². The molecule has 0 aliphatic heterocycles. The van der Waals surface area contributed by atoms with E-state index in [0.29, 0.717) is 17.2 Å². The number of nitrogen functional groups attached to an aromatic ring is 1. The highest BCUT2D eigenvalue weighted by Gasteiger charge is 2.11. The zero-order chi connectivity index (χ0) is 13.1. The molecule has 2 N–H and O–H groups in total. The molecular weight excluding hydrogens is 297 g/mol. The quantitative estimate of drug-likeness (QED) is 0.942. The molecule has 0 unspecified atom stereocenters. The summed E-state index contributed by atoms with van der Waals surface area (Å²) in [5.74, 6) is 0.529. The van der Waals surface area contributed by atoms with Crippen molar-refractivity contribution < 1.29 is 4.39 Å². The number of hydrogen-bond acceptors (Lipinski definition) is 3. The van der Waals surface area contributed by atoms with Gasteiger partial charge in [0.1, 0.15) is 11.6 Å². The van der Waals surface area contributed by atoms with Crippen molar-refractivity contribution in [3.8, 4) is 11.4 Å². The van der Waals surface area contributed by atoms with Crippen LogP contribution in [0.2, 0.25) is 0 Å². The summed E-state index contributed by atoms with van der Waals surface area (Å²) in [5.41, 5.74) is 7.32. The smallest absolute Gasteiger partial charge is 0.161 e. The molecule has 1 aromatic carbocycles. The van der Waals surface area contributed by atoms with Crippen LogP contribution in [0.25, 0.3) is 11.4 Å². The van der Waals surface area contributed by atoms with Gasteiger partial charge in [-0.3, -0.25) is 0 Å². The second kappa shape index (κ2) is 5.44. The standard InChI is InChI=1S/C13H13BrFN3/c1-2-4-10-11(14)12(16)18-13(17-10)8-5-3-6-9(15)7-8/h3,5-7H,2,4H2,1H3,(H2,16,17,18). The Morgan fingerprint density at radius 2 is 2.11 bits per heavy atom. The second-order valence-corrected chi connectivity index (χ2v) is 4.75. The van der Waals surface area contributed by atoms with Gasteiger partial charge in [-0.15, -0.1) is 0 Å². The Labute approximate surface area is 113 Å². The fraction of sp³-hybridized carbons (Fsp3) is 0.231. The molecule has 3 nitrogen and oxygen atoms in total. The van der Waals surface area contributed by atoms with Crippen molar-refractivity contribution in [3.05, 3.63) is 40.2 Å². The highest BCUT2D eigenvalue weighted by Crippen LogP contribution is 2.26. The van der Waals surface area contributed by atoms with Crippen molar-refractivity contribution in [2.24, 2.45) is 0 Å². The van der Waals surface area contributed by atoms with Crippen molar-refractivity contribution in [1.82, 2.24) is 9.97 Å². The van der Waals surface area contributed by atoms with E-state index in [9.17, 15) is 4.39 Å². The van der Waals surface area contributed by atoms with Crippen LogP contribution in [0.3, 0.4) is 0 Å². The largest absolute Gasteiger partial charge is 0.383 e. The summed E-state index contributed by atoms with van der Waals surface area (Å²) >= 11 is 3.38. The molecule has 2 aromatic rings. The summed E-state index contributed by atoms with van der Waals surface area (Å²) in [6.07, 6.45) is 1.76. The number of benzene rings is 1. The van der Waals surface area contributed by atoms with E-state index in [-0.39, 0.29) is 5.82 Å². The van der Waals surface area contributed by atoms with E-state index in [0.717, 1.165) is 23.0 Å². The van der Waals surface area contributed by atoms with Gasteiger partial charge >= 0.3 is 0 Å². The molecule has 18 heavy (non-hydrogen) atoms. The van der Waals surface area contributed by atoms with Gasteiger partial charge in [0.05, 0.1) is 10.2 Å². The molecular formula is C13H13BrFN3. The molecule has 0 radical (unpaired) electrons. The molecule has 0 saturated carbocycles. The number of nitrogens with zero attached hydrogens (tertiary/aromatic N) is 2. The number of nitrogens with two attached hydrogens (primary N) is 1. The summed E-state index contributed by atoms with van der Waals surface area (Å²) in [6.45, 7) is 2.06. The molecule has 0 bridgehead atoms. The molecule has 0 amide bonds. The van der Waals surface area contributed by atoms with Gasteiger partial charge in [-0.05, 0) is 34.5 Å². The lowest BCUT2D eigenvalue weighted by molar-refractivity contribution is 0.628. The van der Waals surface area contributed by atoms with Crippen LogP contribution < -0.4 is 5.73 Å². The van der Waals surface area contributed by atoms with Gasteiger partial charge in [0.2, 0.25) is 0 Å². The number of rotatable bonds is 3. The topological polar surface area (TPSA) is 51.8 Å². The number of anilines is 1. The minimum absolute atomic E-state index is 0.311. The third-order valence-corrected chi connectivity index (χ3v) is 3.38. The van der Waals surface area contributed by atoms with Crippen LogP contribution in [0, 0.1) is 5.82 Å². The van der Waals surface area contributed by atoms with Crippen molar-refractivity contribution in [1.29, 1.82) is 0 Å². The lowest BCUT2D eigenvalue weighted by Gasteiger charge is -2.08. The van der Waals surface area contributed by atoms with E-state index in [1.165, 1.54) is 12.1 Å². The van der Waals surface area contributed by atoms with Gasteiger partial charge < -0.3 is 5.73 Å². The van der Waals surface area contributed by atoms with Gasteiger partial charge in [-0.25, -0.2) is 14.4 Å². The maximum absolute atomic E-state index is 13.2. The first-order valence-electron chi connectivity index (χ1n) is 5.69. The summed E-state index contributed by atoms with van der Waals surface area (Å²) in [4.78, 5) is 8.61. The molecule has 1 aromatic heterocycles. The monoisotopic (exact) mass is 309 g/mol. The molecule has 0 aliphatic rings. The average molecular weight is 310 g/mol. The Morgan fingerprint density at radius 3 is 2.78 bits per heavy atom. The maximum atomic E-state index is 13.2. The SMILES string of the molecule is CCCc1nc(-c2cccc(F)c2)nc(N)c1Br. The normalized spacial score (nSPS) is 10.6. The van der Waals surface area contributed by atoms with Crippen LogP contribution in [0.4, 0.5) is 10.2 Å². The Hall–Kier alpha value is -1.49. The molecule has 0 fully saturated rings. The Bertz CT molecular complexity index is 572. The van der Waals surface area contributed by atoms with Crippen LogP contribution in [0.15, 0.2) is 28.7 Å². The van der Waals surface area contributed by atoms with E-state index in [2.05, 4.69) is 32.8 Å². The van der Waals surface area contributed by atoms with Gasteiger partial charge in [0, 0.05) is 5.56 Å². The third kappa shape index (κ3) is 2.67. The summed E-state index contributed by atoms with van der Waals surface area (Å²) < 4.78 is 13.9. The molecule has 1 heterocycles. The molecule has 0 atom stereocenters. The van der Waals surface area contributed by atoms with Crippen LogP contribution in [0.1, 0.15) is 19.0 Å². The molecule has 2 rings (SSSR count). The fourth-order valence-electron chi connectivity index (χ4n) is 1.67. The van der Waals surface area contributed by atoms with E-state index in [4.69, 9.17) is 5.73 Å². The van der Waals surface area contributed by atoms with Gasteiger partial charge in [0.25, 0.3) is 0 Å². The van der Waals surface area contributed by atoms with Gasteiger partial charge in [0.15, 0.2) is 5.82 Å².